The number of rotatable bonds is 3. The van der Waals surface area contributed by atoms with E-state index in [1.54, 1.807) is 17.0 Å². The van der Waals surface area contributed by atoms with Gasteiger partial charge in [-0.05, 0) is 24.6 Å². The fourth-order valence-corrected chi connectivity index (χ4v) is 2.71. The summed E-state index contributed by atoms with van der Waals surface area (Å²) in [5, 5.41) is 3.34. The molecule has 1 aliphatic rings. The van der Waals surface area contributed by atoms with Gasteiger partial charge in [0.2, 0.25) is 11.8 Å². The molecule has 1 aromatic rings. The fourth-order valence-electron chi connectivity index (χ4n) is 1.63. The van der Waals surface area contributed by atoms with E-state index in [-0.39, 0.29) is 18.4 Å². The minimum Gasteiger partial charge on any atom is -0.324 e. The van der Waals surface area contributed by atoms with Crippen LogP contribution in [0.5, 0.6) is 0 Å². The topological polar surface area (TPSA) is 49.4 Å². The summed E-state index contributed by atoms with van der Waals surface area (Å²) in [6.45, 7) is 1.99. The Morgan fingerprint density at radius 2 is 2.33 bits per heavy atom. The lowest BCUT2D eigenvalue weighted by Crippen LogP contribution is -2.34. The quantitative estimate of drug-likeness (QED) is 0.925. The van der Waals surface area contributed by atoms with Gasteiger partial charge in [0.05, 0.1) is 11.6 Å². The van der Waals surface area contributed by atoms with E-state index in [0.29, 0.717) is 22.3 Å². The van der Waals surface area contributed by atoms with Crippen LogP contribution in [0.15, 0.2) is 18.2 Å². The average molecular weight is 285 g/mol. The van der Waals surface area contributed by atoms with E-state index in [9.17, 15) is 9.59 Å². The van der Waals surface area contributed by atoms with Crippen LogP contribution < -0.4 is 5.32 Å². The number of carbonyl (C=O) groups excluding carboxylic acids is 2. The number of thioether (sulfide) groups is 1. The van der Waals surface area contributed by atoms with Crippen molar-refractivity contribution in [2.24, 2.45) is 0 Å². The third-order valence-corrected chi connectivity index (χ3v) is 3.81. The highest BCUT2D eigenvalue weighted by Gasteiger charge is 2.22. The van der Waals surface area contributed by atoms with E-state index in [1.807, 2.05) is 13.0 Å². The molecule has 0 aliphatic carbocycles. The van der Waals surface area contributed by atoms with E-state index >= 15 is 0 Å². The molecule has 2 amide bonds. The van der Waals surface area contributed by atoms with Gasteiger partial charge in [-0.2, -0.15) is 0 Å². The van der Waals surface area contributed by atoms with Crippen LogP contribution in [0.1, 0.15) is 5.56 Å². The summed E-state index contributed by atoms with van der Waals surface area (Å²) in [5.41, 5.74) is 1.63. The Morgan fingerprint density at radius 3 is 3.00 bits per heavy atom. The summed E-state index contributed by atoms with van der Waals surface area (Å²) < 4.78 is 0. The average Bonchev–Trinajstić information content (AvgIpc) is 2.70. The maximum absolute atomic E-state index is 11.8. The summed E-state index contributed by atoms with van der Waals surface area (Å²) in [6.07, 6.45) is 0. The normalized spacial score (nSPS) is 15.0. The van der Waals surface area contributed by atoms with Crippen LogP contribution in [0, 0.1) is 6.92 Å². The van der Waals surface area contributed by atoms with Gasteiger partial charge in [0, 0.05) is 10.7 Å². The van der Waals surface area contributed by atoms with Gasteiger partial charge in [-0.25, -0.2) is 0 Å². The van der Waals surface area contributed by atoms with Crippen molar-refractivity contribution in [3.05, 3.63) is 28.8 Å². The van der Waals surface area contributed by atoms with Crippen LogP contribution in [0.4, 0.5) is 5.69 Å². The number of aryl methyl sites for hydroxylation is 1. The van der Waals surface area contributed by atoms with Crippen LogP contribution in [0.2, 0.25) is 5.02 Å². The molecule has 2 rings (SSSR count). The van der Waals surface area contributed by atoms with Gasteiger partial charge in [0.1, 0.15) is 6.54 Å². The molecule has 0 aromatic heterocycles. The number of halogens is 1. The summed E-state index contributed by atoms with van der Waals surface area (Å²) in [4.78, 5) is 24.7. The molecule has 1 aromatic carbocycles. The third-order valence-electron chi connectivity index (χ3n) is 2.63. The first-order valence-electron chi connectivity index (χ1n) is 5.48. The summed E-state index contributed by atoms with van der Waals surface area (Å²) in [7, 11) is 0. The van der Waals surface area contributed by atoms with Crippen molar-refractivity contribution < 1.29 is 9.59 Å². The molecule has 0 atom stereocenters. The Hall–Kier alpha value is -1.20. The second-order valence-corrected chi connectivity index (χ2v) is 5.47. The highest BCUT2D eigenvalue weighted by molar-refractivity contribution is 8.00. The SMILES string of the molecule is Cc1ccc(Cl)cc1NC(=O)CN1CSCC1=O. The molecule has 0 saturated carbocycles. The molecule has 96 valence electrons. The van der Waals surface area contributed by atoms with Crippen molar-refractivity contribution in [1.29, 1.82) is 0 Å². The van der Waals surface area contributed by atoms with Crippen molar-refractivity contribution in [1.82, 2.24) is 4.90 Å². The highest BCUT2D eigenvalue weighted by Crippen LogP contribution is 2.20. The molecular formula is C12H13ClN2O2S. The van der Waals surface area contributed by atoms with Gasteiger partial charge in [-0.1, -0.05) is 17.7 Å². The zero-order chi connectivity index (χ0) is 13.1. The first-order valence-corrected chi connectivity index (χ1v) is 7.01. The predicted molar refractivity (Wildman–Crippen MR) is 73.9 cm³/mol. The van der Waals surface area contributed by atoms with E-state index in [1.165, 1.54) is 11.8 Å². The van der Waals surface area contributed by atoms with Crippen molar-refractivity contribution in [2.45, 2.75) is 6.92 Å². The Kier molecular flexibility index (Phi) is 4.14. The van der Waals surface area contributed by atoms with Gasteiger partial charge in [-0.3, -0.25) is 9.59 Å². The summed E-state index contributed by atoms with van der Waals surface area (Å²) in [5.74, 6) is 0.860. The minimum absolute atomic E-state index is 0.0120. The van der Waals surface area contributed by atoms with Crippen molar-refractivity contribution in [3.63, 3.8) is 0 Å². The van der Waals surface area contributed by atoms with Crippen molar-refractivity contribution in [3.8, 4) is 0 Å². The van der Waals surface area contributed by atoms with Crippen LogP contribution in [-0.4, -0.2) is 34.9 Å². The molecule has 1 saturated heterocycles. The molecule has 6 heteroatoms. The minimum atomic E-state index is -0.198. The lowest BCUT2D eigenvalue weighted by atomic mass is 10.2. The second kappa shape index (κ2) is 5.63. The largest absolute Gasteiger partial charge is 0.324 e. The molecule has 0 unspecified atom stereocenters. The maximum Gasteiger partial charge on any atom is 0.244 e. The summed E-state index contributed by atoms with van der Waals surface area (Å²) >= 11 is 7.39. The Bertz CT molecular complexity index is 493. The molecule has 18 heavy (non-hydrogen) atoms. The van der Waals surface area contributed by atoms with Crippen molar-refractivity contribution in [2.75, 3.05) is 23.5 Å². The molecule has 1 fully saturated rings. The number of nitrogens with one attached hydrogen (secondary N) is 1. The molecule has 0 spiro atoms. The van der Waals surface area contributed by atoms with E-state index in [0.717, 1.165) is 5.56 Å². The number of amides is 2. The number of carbonyl (C=O) groups is 2. The molecular weight excluding hydrogens is 272 g/mol. The zero-order valence-corrected chi connectivity index (χ0v) is 11.5. The molecule has 1 N–H and O–H groups in total. The number of benzene rings is 1. The summed E-state index contributed by atoms with van der Waals surface area (Å²) in [6, 6.07) is 5.32. The monoisotopic (exact) mass is 284 g/mol. The lowest BCUT2D eigenvalue weighted by molar-refractivity contribution is -0.130. The molecule has 1 aliphatic heterocycles. The number of nitrogens with zero attached hydrogens (tertiary/aromatic N) is 1. The van der Waals surface area contributed by atoms with Gasteiger partial charge in [-0.15, -0.1) is 11.8 Å². The maximum atomic E-state index is 11.8. The van der Waals surface area contributed by atoms with Crippen LogP contribution >= 0.6 is 23.4 Å². The Labute approximate surface area is 115 Å². The fraction of sp³-hybridized carbons (Fsp3) is 0.333. The van der Waals surface area contributed by atoms with Crippen molar-refractivity contribution >= 4 is 40.9 Å². The number of hydrogen-bond acceptors (Lipinski definition) is 3. The van der Waals surface area contributed by atoms with E-state index < -0.39 is 0 Å². The van der Waals surface area contributed by atoms with Gasteiger partial charge < -0.3 is 10.2 Å². The first kappa shape index (κ1) is 13.2. The third kappa shape index (κ3) is 3.17. The second-order valence-electron chi connectivity index (χ2n) is 4.08. The molecule has 4 nitrogen and oxygen atoms in total. The standard InChI is InChI=1S/C12H13ClN2O2S/c1-8-2-3-9(13)4-10(8)14-11(16)5-15-7-18-6-12(15)17/h2-4H,5-7H2,1H3,(H,14,16). The van der Waals surface area contributed by atoms with E-state index in [2.05, 4.69) is 5.32 Å². The van der Waals surface area contributed by atoms with Crippen LogP contribution in [0.25, 0.3) is 0 Å². The number of hydrogen-bond donors (Lipinski definition) is 1. The van der Waals surface area contributed by atoms with Gasteiger partial charge >= 0.3 is 0 Å². The molecule has 0 radical (unpaired) electrons. The predicted octanol–water partition coefficient (Wildman–Crippen LogP) is 2.12. The van der Waals surface area contributed by atoms with Crippen LogP contribution in [-0.2, 0) is 9.59 Å². The lowest BCUT2D eigenvalue weighted by Gasteiger charge is -2.15. The highest BCUT2D eigenvalue weighted by atomic mass is 35.5. The Balaban J connectivity index is 1.98. The van der Waals surface area contributed by atoms with E-state index in [4.69, 9.17) is 11.6 Å². The first-order chi connectivity index (χ1) is 8.56. The molecule has 1 heterocycles. The molecule has 0 bridgehead atoms. The van der Waals surface area contributed by atoms with Gasteiger partial charge in [0.15, 0.2) is 0 Å². The van der Waals surface area contributed by atoms with Gasteiger partial charge in [0.25, 0.3) is 0 Å². The smallest absolute Gasteiger partial charge is 0.244 e. The van der Waals surface area contributed by atoms with Crippen LogP contribution in [0.3, 0.4) is 0 Å². The Morgan fingerprint density at radius 1 is 1.56 bits per heavy atom. The zero-order valence-electron chi connectivity index (χ0n) is 9.90. The number of anilines is 1.